The molecule has 0 aliphatic carbocycles. The van der Waals surface area contributed by atoms with Gasteiger partial charge in [-0.3, -0.25) is 0 Å². The summed E-state index contributed by atoms with van der Waals surface area (Å²) in [7, 11) is 0. The standard InChI is InChI=1S/C56H34N4OS/c1-3-14-35(15-4-1)37-28-30-38(31-29-37)51-53-52(46-25-8-10-27-48(46)62-53)59-54(58-51)43-22-13-23-44(34-43)55-57-50(49-45-24-7-9-26-47(45)61-56(49)60-55)42-21-12-20-41(33-42)40-19-11-18-39(32-40)36-16-5-2-6-17-36/h1-34H. The lowest BCUT2D eigenvalue weighted by Gasteiger charge is -2.11. The number of benzene rings is 8. The molecule has 290 valence electrons. The summed E-state index contributed by atoms with van der Waals surface area (Å²) in [5.41, 5.74) is 14.6. The molecule has 0 aliphatic rings. The molecule has 0 unspecified atom stereocenters. The summed E-state index contributed by atoms with van der Waals surface area (Å²) in [6.07, 6.45) is 0. The maximum absolute atomic E-state index is 6.48. The smallest absolute Gasteiger partial charge is 0.231 e. The van der Waals surface area contributed by atoms with E-state index in [-0.39, 0.29) is 0 Å². The maximum atomic E-state index is 6.48. The minimum absolute atomic E-state index is 0.539. The fourth-order valence-corrected chi connectivity index (χ4v) is 9.63. The van der Waals surface area contributed by atoms with Gasteiger partial charge >= 0.3 is 0 Å². The fourth-order valence-electron chi connectivity index (χ4n) is 8.48. The number of thiophene rings is 1. The number of fused-ring (bicyclic) bond motifs is 6. The van der Waals surface area contributed by atoms with Gasteiger partial charge in [0, 0.05) is 37.7 Å². The highest BCUT2D eigenvalue weighted by molar-refractivity contribution is 7.26. The third-order valence-corrected chi connectivity index (χ3v) is 12.7. The number of hydrogen-bond donors (Lipinski definition) is 0. The topological polar surface area (TPSA) is 64.7 Å². The van der Waals surface area contributed by atoms with Crippen molar-refractivity contribution in [2.24, 2.45) is 0 Å². The average molecular weight is 811 g/mol. The monoisotopic (exact) mass is 810 g/mol. The van der Waals surface area contributed by atoms with E-state index in [9.17, 15) is 0 Å². The molecule has 0 bridgehead atoms. The lowest BCUT2D eigenvalue weighted by Crippen LogP contribution is -1.96. The first kappa shape index (κ1) is 35.8. The second-order valence-corrected chi connectivity index (χ2v) is 16.4. The zero-order chi connectivity index (χ0) is 41.0. The molecule has 8 aromatic carbocycles. The average Bonchev–Trinajstić information content (AvgIpc) is 3.93. The van der Waals surface area contributed by atoms with Crippen LogP contribution in [0, 0.1) is 0 Å². The van der Waals surface area contributed by atoms with Crippen molar-refractivity contribution in [3.8, 4) is 78.7 Å². The first-order valence-corrected chi connectivity index (χ1v) is 21.4. The molecule has 12 rings (SSSR count). The van der Waals surface area contributed by atoms with Gasteiger partial charge in [0.1, 0.15) is 5.58 Å². The lowest BCUT2D eigenvalue weighted by atomic mass is 9.96. The Hall–Kier alpha value is -8.06. The van der Waals surface area contributed by atoms with Crippen molar-refractivity contribution in [1.82, 2.24) is 19.9 Å². The largest absolute Gasteiger partial charge is 0.438 e. The first-order chi connectivity index (χ1) is 30.7. The summed E-state index contributed by atoms with van der Waals surface area (Å²) < 4.78 is 8.72. The molecule has 0 saturated carbocycles. The zero-order valence-electron chi connectivity index (χ0n) is 33.2. The van der Waals surface area contributed by atoms with Crippen molar-refractivity contribution in [1.29, 1.82) is 0 Å². The number of furan rings is 1. The molecular weight excluding hydrogens is 777 g/mol. The van der Waals surface area contributed by atoms with E-state index in [1.807, 2.05) is 42.5 Å². The Morgan fingerprint density at radius 2 is 0.823 bits per heavy atom. The fraction of sp³-hybridized carbons (Fsp3) is 0. The van der Waals surface area contributed by atoms with Gasteiger partial charge in [0.05, 0.1) is 27.0 Å². The lowest BCUT2D eigenvalue weighted by molar-refractivity contribution is 0.653. The Labute approximate surface area is 361 Å². The van der Waals surface area contributed by atoms with Gasteiger partial charge in [-0.1, -0.05) is 176 Å². The number of rotatable bonds is 7. The number of nitrogens with zero attached hydrogens (tertiary/aromatic N) is 4. The molecule has 0 saturated heterocycles. The van der Waals surface area contributed by atoms with Gasteiger partial charge in [0.15, 0.2) is 11.6 Å². The first-order valence-electron chi connectivity index (χ1n) is 20.6. The van der Waals surface area contributed by atoms with Crippen LogP contribution in [0.15, 0.2) is 211 Å². The van der Waals surface area contributed by atoms with Crippen molar-refractivity contribution in [3.63, 3.8) is 0 Å². The third kappa shape index (κ3) is 6.33. The Morgan fingerprint density at radius 1 is 0.339 bits per heavy atom. The number of aromatic nitrogens is 4. The van der Waals surface area contributed by atoms with Crippen LogP contribution in [0.5, 0.6) is 0 Å². The molecule has 0 radical (unpaired) electrons. The molecule has 12 aromatic rings. The van der Waals surface area contributed by atoms with E-state index >= 15 is 0 Å². The maximum Gasteiger partial charge on any atom is 0.231 e. The summed E-state index contributed by atoms with van der Waals surface area (Å²) in [5.74, 6) is 1.20. The highest BCUT2D eigenvalue weighted by Crippen LogP contribution is 2.41. The zero-order valence-corrected chi connectivity index (χ0v) is 34.1. The van der Waals surface area contributed by atoms with Crippen LogP contribution < -0.4 is 0 Å². The van der Waals surface area contributed by atoms with Gasteiger partial charge in [-0.2, -0.15) is 4.98 Å². The Kier molecular flexibility index (Phi) is 8.61. The summed E-state index contributed by atoms with van der Waals surface area (Å²) >= 11 is 1.73. The molecule has 0 amide bonds. The van der Waals surface area contributed by atoms with E-state index in [4.69, 9.17) is 24.4 Å². The summed E-state index contributed by atoms with van der Waals surface area (Å²) in [5, 5.41) is 2.98. The van der Waals surface area contributed by atoms with Crippen LogP contribution in [-0.2, 0) is 0 Å². The number of para-hydroxylation sites is 1. The highest BCUT2D eigenvalue weighted by Gasteiger charge is 2.21. The van der Waals surface area contributed by atoms with Crippen LogP contribution in [0.3, 0.4) is 0 Å². The molecule has 0 fully saturated rings. The van der Waals surface area contributed by atoms with Crippen LogP contribution in [0.2, 0.25) is 0 Å². The van der Waals surface area contributed by atoms with Crippen LogP contribution in [-0.4, -0.2) is 19.9 Å². The Morgan fingerprint density at radius 3 is 1.55 bits per heavy atom. The van der Waals surface area contributed by atoms with E-state index in [1.54, 1.807) is 11.3 Å². The van der Waals surface area contributed by atoms with Gasteiger partial charge in [-0.15, -0.1) is 11.3 Å². The molecule has 5 nitrogen and oxygen atoms in total. The third-order valence-electron chi connectivity index (χ3n) is 11.5. The van der Waals surface area contributed by atoms with Crippen LogP contribution in [0.1, 0.15) is 0 Å². The molecule has 0 aliphatic heterocycles. The van der Waals surface area contributed by atoms with E-state index < -0.39 is 0 Å². The van der Waals surface area contributed by atoms with Crippen molar-refractivity contribution in [2.75, 3.05) is 0 Å². The van der Waals surface area contributed by atoms with Crippen LogP contribution >= 0.6 is 11.3 Å². The minimum atomic E-state index is 0.539. The Bertz CT molecular complexity index is 3630. The summed E-state index contributed by atoms with van der Waals surface area (Å²) in [6.45, 7) is 0. The van der Waals surface area contributed by atoms with Crippen molar-refractivity contribution < 1.29 is 4.42 Å². The molecular formula is C56H34N4OS. The van der Waals surface area contributed by atoms with Crippen molar-refractivity contribution >= 4 is 53.7 Å². The Balaban J connectivity index is 0.991. The van der Waals surface area contributed by atoms with E-state index in [0.717, 1.165) is 82.3 Å². The van der Waals surface area contributed by atoms with E-state index in [1.165, 1.54) is 21.4 Å². The van der Waals surface area contributed by atoms with Gasteiger partial charge in [0.25, 0.3) is 0 Å². The second-order valence-electron chi connectivity index (χ2n) is 15.4. The van der Waals surface area contributed by atoms with E-state index in [2.05, 4.69) is 164 Å². The van der Waals surface area contributed by atoms with Gasteiger partial charge in [0.2, 0.25) is 5.71 Å². The molecule has 62 heavy (non-hydrogen) atoms. The second kappa shape index (κ2) is 14.9. The highest BCUT2D eigenvalue weighted by atomic mass is 32.1. The summed E-state index contributed by atoms with van der Waals surface area (Å²) in [6, 6.07) is 71.7. The van der Waals surface area contributed by atoms with Crippen molar-refractivity contribution in [3.05, 3.63) is 206 Å². The van der Waals surface area contributed by atoms with Gasteiger partial charge < -0.3 is 4.42 Å². The SMILES string of the molecule is c1ccc(-c2ccc(-c3nc(-c4cccc(-c5nc(-c6cccc(-c7cccc(-c8ccccc8)c7)c6)c6c(n5)oc5ccccc56)c4)nc4c3sc3ccccc34)cc2)cc1. The van der Waals surface area contributed by atoms with Gasteiger partial charge in [-0.25, -0.2) is 15.0 Å². The molecule has 6 heteroatoms. The quantitative estimate of drug-likeness (QED) is 0.160. The molecule has 0 atom stereocenters. The van der Waals surface area contributed by atoms with E-state index in [0.29, 0.717) is 17.4 Å². The summed E-state index contributed by atoms with van der Waals surface area (Å²) in [4.78, 5) is 21.1. The molecule has 4 aromatic heterocycles. The number of hydrogen-bond acceptors (Lipinski definition) is 6. The minimum Gasteiger partial charge on any atom is -0.438 e. The predicted octanol–water partition coefficient (Wildman–Crippen LogP) is 15.2. The molecule has 0 N–H and O–H groups in total. The normalized spacial score (nSPS) is 11.5. The predicted molar refractivity (Wildman–Crippen MR) is 256 cm³/mol. The van der Waals surface area contributed by atoms with Gasteiger partial charge in [-0.05, 0) is 63.7 Å². The van der Waals surface area contributed by atoms with Crippen LogP contribution in [0.4, 0.5) is 0 Å². The van der Waals surface area contributed by atoms with Crippen LogP contribution in [0.25, 0.3) is 121 Å². The van der Waals surface area contributed by atoms with Crippen molar-refractivity contribution in [2.45, 2.75) is 0 Å². The molecule has 4 heterocycles. The molecule has 0 spiro atoms.